The van der Waals surface area contributed by atoms with Gasteiger partial charge in [-0.15, -0.1) is 0 Å². The van der Waals surface area contributed by atoms with Crippen LogP contribution in [0.25, 0.3) is 0 Å². The Morgan fingerprint density at radius 3 is 2.59 bits per heavy atom. The predicted octanol–water partition coefficient (Wildman–Crippen LogP) is -0.336. The van der Waals surface area contributed by atoms with Gasteiger partial charge < -0.3 is 21.5 Å². The van der Waals surface area contributed by atoms with E-state index < -0.39 is 18.2 Å². The van der Waals surface area contributed by atoms with Crippen molar-refractivity contribution in [3.63, 3.8) is 0 Å². The van der Waals surface area contributed by atoms with E-state index in [1.807, 2.05) is 13.2 Å². The number of thioether (sulfide) groups is 1. The van der Waals surface area contributed by atoms with Gasteiger partial charge in [0.15, 0.2) is 0 Å². The lowest BCUT2D eigenvalue weighted by atomic mass is 10.2. The van der Waals surface area contributed by atoms with Crippen LogP contribution in [0.3, 0.4) is 0 Å². The number of aliphatic hydroxyl groups excluding tert-OH is 1. The highest BCUT2D eigenvalue weighted by Gasteiger charge is 2.19. The molecule has 0 aromatic carbocycles. The molecule has 100 valence electrons. The number of nitrogens with one attached hydrogen (secondary N) is 2. The molecule has 0 saturated carbocycles. The second-order valence-electron chi connectivity index (χ2n) is 3.65. The van der Waals surface area contributed by atoms with Gasteiger partial charge in [0.1, 0.15) is 6.04 Å². The summed E-state index contributed by atoms with van der Waals surface area (Å²) in [6.07, 6.45) is 2.44. The summed E-state index contributed by atoms with van der Waals surface area (Å²) in [5.41, 5.74) is 5.00. The Kier molecular flexibility index (Phi) is 8.61. The van der Waals surface area contributed by atoms with Gasteiger partial charge in [0, 0.05) is 6.54 Å². The Bertz CT molecular complexity index is 251. The minimum absolute atomic E-state index is 0.186. The minimum atomic E-state index is -0.720. The molecule has 7 heteroatoms. The van der Waals surface area contributed by atoms with Crippen LogP contribution in [-0.4, -0.2) is 47.7 Å². The zero-order chi connectivity index (χ0) is 13.3. The number of hydrogen-bond acceptors (Lipinski definition) is 4. The molecule has 0 radical (unpaired) electrons. The predicted molar refractivity (Wildman–Crippen MR) is 68.8 cm³/mol. The van der Waals surface area contributed by atoms with Crippen LogP contribution >= 0.6 is 11.8 Å². The van der Waals surface area contributed by atoms with Crippen LogP contribution in [0.1, 0.15) is 19.8 Å². The van der Waals surface area contributed by atoms with E-state index in [-0.39, 0.29) is 12.5 Å². The molecule has 6 nitrogen and oxygen atoms in total. The fourth-order valence-electron chi connectivity index (χ4n) is 1.16. The molecule has 0 rings (SSSR count). The van der Waals surface area contributed by atoms with E-state index in [1.165, 1.54) is 0 Å². The van der Waals surface area contributed by atoms with Crippen LogP contribution in [0.4, 0.5) is 4.79 Å². The Labute approximate surface area is 106 Å². The average Bonchev–Trinajstić information content (AvgIpc) is 2.30. The molecule has 0 aliphatic carbocycles. The van der Waals surface area contributed by atoms with Crippen LogP contribution in [0, 0.1) is 0 Å². The molecule has 2 atom stereocenters. The van der Waals surface area contributed by atoms with Gasteiger partial charge in [-0.25, -0.2) is 4.79 Å². The van der Waals surface area contributed by atoms with Crippen molar-refractivity contribution in [2.75, 3.05) is 18.6 Å². The molecule has 0 saturated heterocycles. The molecule has 0 aliphatic rings. The summed E-state index contributed by atoms with van der Waals surface area (Å²) >= 11 is 1.58. The largest absolute Gasteiger partial charge is 0.391 e. The SMILES string of the molecule is CCC(O)CNC(=O)C(CCSC)NC(N)=O. The monoisotopic (exact) mass is 263 g/mol. The Hall–Kier alpha value is -0.950. The van der Waals surface area contributed by atoms with E-state index in [1.54, 1.807) is 11.8 Å². The van der Waals surface area contributed by atoms with Crippen LogP contribution in [-0.2, 0) is 4.79 Å². The molecule has 0 aliphatic heterocycles. The normalized spacial score (nSPS) is 13.8. The molecule has 2 unspecified atom stereocenters. The molecule has 17 heavy (non-hydrogen) atoms. The molecule has 0 aromatic rings. The first-order chi connectivity index (χ1) is 8.01. The third kappa shape index (κ3) is 7.87. The smallest absolute Gasteiger partial charge is 0.312 e. The topological polar surface area (TPSA) is 104 Å². The van der Waals surface area contributed by atoms with Crippen molar-refractivity contribution in [3.05, 3.63) is 0 Å². The van der Waals surface area contributed by atoms with Gasteiger partial charge in [-0.2, -0.15) is 11.8 Å². The highest BCUT2D eigenvalue weighted by molar-refractivity contribution is 7.98. The van der Waals surface area contributed by atoms with Gasteiger partial charge in [-0.1, -0.05) is 6.92 Å². The number of amides is 3. The van der Waals surface area contributed by atoms with Crippen molar-refractivity contribution in [3.8, 4) is 0 Å². The Balaban J connectivity index is 4.16. The van der Waals surface area contributed by atoms with Gasteiger partial charge >= 0.3 is 6.03 Å². The van der Waals surface area contributed by atoms with E-state index in [9.17, 15) is 14.7 Å². The summed E-state index contributed by atoms with van der Waals surface area (Å²) in [4.78, 5) is 22.4. The second-order valence-corrected chi connectivity index (χ2v) is 4.64. The van der Waals surface area contributed by atoms with Gasteiger partial charge in [0.05, 0.1) is 6.10 Å². The number of carbonyl (C=O) groups excluding carboxylic acids is 2. The summed E-state index contributed by atoms with van der Waals surface area (Å²) in [6.45, 7) is 2.01. The van der Waals surface area contributed by atoms with Crippen molar-refractivity contribution in [1.29, 1.82) is 0 Å². The van der Waals surface area contributed by atoms with Gasteiger partial charge in [0.2, 0.25) is 5.91 Å². The highest BCUT2D eigenvalue weighted by atomic mass is 32.2. The van der Waals surface area contributed by atoms with Crippen LogP contribution in [0.2, 0.25) is 0 Å². The number of carbonyl (C=O) groups is 2. The lowest BCUT2D eigenvalue weighted by Gasteiger charge is -2.18. The Morgan fingerprint density at radius 2 is 2.12 bits per heavy atom. The maximum atomic E-state index is 11.7. The summed E-state index contributed by atoms with van der Waals surface area (Å²) in [5, 5.41) is 14.3. The van der Waals surface area contributed by atoms with Crippen LogP contribution in [0.5, 0.6) is 0 Å². The molecule has 3 amide bonds. The fraction of sp³-hybridized carbons (Fsp3) is 0.800. The summed E-state index contributed by atoms with van der Waals surface area (Å²) in [5.74, 6) is 0.430. The van der Waals surface area contributed by atoms with E-state index in [0.717, 1.165) is 5.75 Å². The number of nitrogens with two attached hydrogens (primary N) is 1. The highest BCUT2D eigenvalue weighted by Crippen LogP contribution is 2.01. The van der Waals surface area contributed by atoms with E-state index in [2.05, 4.69) is 10.6 Å². The van der Waals surface area contributed by atoms with Crippen molar-refractivity contribution in [2.45, 2.75) is 31.9 Å². The summed E-state index contributed by atoms with van der Waals surface area (Å²) in [7, 11) is 0. The molecule has 0 aromatic heterocycles. The number of aliphatic hydroxyl groups is 1. The zero-order valence-corrected chi connectivity index (χ0v) is 11.0. The van der Waals surface area contributed by atoms with Crippen molar-refractivity contribution < 1.29 is 14.7 Å². The second kappa shape index (κ2) is 9.12. The molecular formula is C10H21N3O3S. The molecule has 0 fully saturated rings. The first-order valence-corrected chi connectivity index (χ1v) is 6.91. The number of hydrogen-bond donors (Lipinski definition) is 4. The average molecular weight is 263 g/mol. The summed E-state index contributed by atoms with van der Waals surface area (Å²) in [6, 6.07) is -1.36. The fourth-order valence-corrected chi connectivity index (χ4v) is 1.63. The molecular weight excluding hydrogens is 242 g/mol. The first-order valence-electron chi connectivity index (χ1n) is 5.51. The van der Waals surface area contributed by atoms with Gasteiger partial charge in [0.25, 0.3) is 0 Å². The molecule has 0 heterocycles. The summed E-state index contributed by atoms with van der Waals surface area (Å²) < 4.78 is 0. The standard InChI is InChI=1S/C10H21N3O3S/c1-3-7(14)6-12-9(15)8(4-5-17-2)13-10(11)16/h7-8,14H,3-6H2,1-2H3,(H,12,15)(H3,11,13,16). The number of urea groups is 1. The number of primary amides is 1. The van der Waals surface area contributed by atoms with E-state index >= 15 is 0 Å². The quantitative estimate of drug-likeness (QED) is 0.481. The van der Waals surface area contributed by atoms with E-state index in [4.69, 9.17) is 5.73 Å². The van der Waals surface area contributed by atoms with Crippen LogP contribution < -0.4 is 16.4 Å². The maximum absolute atomic E-state index is 11.7. The Morgan fingerprint density at radius 1 is 1.47 bits per heavy atom. The first kappa shape index (κ1) is 16.1. The third-order valence-electron chi connectivity index (χ3n) is 2.23. The number of rotatable bonds is 8. The van der Waals surface area contributed by atoms with E-state index in [0.29, 0.717) is 12.8 Å². The van der Waals surface area contributed by atoms with Crippen LogP contribution in [0.15, 0.2) is 0 Å². The molecule has 5 N–H and O–H groups in total. The molecule has 0 bridgehead atoms. The van der Waals surface area contributed by atoms with Crippen molar-refractivity contribution >= 4 is 23.7 Å². The maximum Gasteiger partial charge on any atom is 0.312 e. The van der Waals surface area contributed by atoms with Gasteiger partial charge in [-0.3, -0.25) is 4.79 Å². The van der Waals surface area contributed by atoms with Crippen molar-refractivity contribution in [2.24, 2.45) is 5.73 Å². The lowest BCUT2D eigenvalue weighted by molar-refractivity contribution is -0.123. The van der Waals surface area contributed by atoms with Gasteiger partial charge in [-0.05, 0) is 24.9 Å². The lowest BCUT2D eigenvalue weighted by Crippen LogP contribution is -2.50. The minimum Gasteiger partial charge on any atom is -0.391 e. The third-order valence-corrected chi connectivity index (χ3v) is 2.87. The molecule has 0 spiro atoms. The van der Waals surface area contributed by atoms with Crippen molar-refractivity contribution in [1.82, 2.24) is 10.6 Å². The zero-order valence-electron chi connectivity index (χ0n) is 10.2.